The van der Waals surface area contributed by atoms with Gasteiger partial charge in [0, 0.05) is 5.92 Å². The number of rotatable bonds is 2. The van der Waals surface area contributed by atoms with Crippen molar-refractivity contribution in [1.82, 2.24) is 15.2 Å². The van der Waals surface area contributed by atoms with Crippen molar-refractivity contribution < 1.29 is 0 Å². The van der Waals surface area contributed by atoms with E-state index in [1.165, 1.54) is 32.1 Å². The number of nitrogens with one attached hydrogen (secondary N) is 1. The standard InChI is InChI=1S/C12H16N4S/c13-9-6-7-17-10(9)12-14-11(15-16-12)8-4-2-1-3-5-8/h6-8H,1-5,13H2,(H,14,15,16). The van der Waals surface area contributed by atoms with E-state index in [9.17, 15) is 0 Å². The zero-order valence-corrected chi connectivity index (χ0v) is 10.5. The van der Waals surface area contributed by atoms with Crippen LogP contribution in [-0.2, 0) is 0 Å². The third-order valence-electron chi connectivity index (χ3n) is 3.39. The summed E-state index contributed by atoms with van der Waals surface area (Å²) in [4.78, 5) is 5.58. The van der Waals surface area contributed by atoms with E-state index in [1.807, 2.05) is 11.4 Å². The Morgan fingerprint density at radius 1 is 1.29 bits per heavy atom. The zero-order chi connectivity index (χ0) is 11.7. The van der Waals surface area contributed by atoms with Crippen LogP contribution in [0.3, 0.4) is 0 Å². The number of aromatic nitrogens is 3. The fraction of sp³-hybridized carbons (Fsp3) is 0.500. The van der Waals surface area contributed by atoms with Crippen molar-refractivity contribution in [3.8, 4) is 10.7 Å². The van der Waals surface area contributed by atoms with Crippen molar-refractivity contribution in [1.29, 1.82) is 0 Å². The summed E-state index contributed by atoms with van der Waals surface area (Å²) < 4.78 is 0. The lowest BCUT2D eigenvalue weighted by Gasteiger charge is -2.18. The second-order valence-corrected chi connectivity index (χ2v) is 5.50. The van der Waals surface area contributed by atoms with Gasteiger partial charge in [0.25, 0.3) is 0 Å². The second kappa shape index (κ2) is 4.49. The first-order chi connectivity index (χ1) is 8.34. The molecule has 0 atom stereocenters. The maximum absolute atomic E-state index is 5.88. The average molecular weight is 248 g/mol. The predicted octanol–water partition coefficient (Wildman–Crippen LogP) is 3.16. The van der Waals surface area contributed by atoms with Gasteiger partial charge < -0.3 is 5.73 Å². The molecule has 0 bridgehead atoms. The maximum Gasteiger partial charge on any atom is 0.193 e. The van der Waals surface area contributed by atoms with E-state index in [0.717, 1.165) is 22.2 Å². The summed E-state index contributed by atoms with van der Waals surface area (Å²) in [5.74, 6) is 2.34. The van der Waals surface area contributed by atoms with Crippen LogP contribution in [0.4, 0.5) is 5.69 Å². The number of nitrogens with two attached hydrogens (primary N) is 1. The molecule has 0 aromatic carbocycles. The van der Waals surface area contributed by atoms with E-state index in [-0.39, 0.29) is 0 Å². The Bertz CT molecular complexity index is 496. The molecule has 0 saturated heterocycles. The lowest BCUT2D eigenvalue weighted by molar-refractivity contribution is 0.429. The van der Waals surface area contributed by atoms with Crippen LogP contribution in [0.15, 0.2) is 11.4 Å². The molecule has 0 aliphatic heterocycles. The van der Waals surface area contributed by atoms with Gasteiger partial charge in [0.2, 0.25) is 0 Å². The van der Waals surface area contributed by atoms with Gasteiger partial charge in [-0.3, -0.25) is 5.10 Å². The van der Waals surface area contributed by atoms with Crippen molar-refractivity contribution in [2.75, 3.05) is 5.73 Å². The topological polar surface area (TPSA) is 67.6 Å². The van der Waals surface area contributed by atoms with E-state index in [1.54, 1.807) is 11.3 Å². The quantitative estimate of drug-likeness (QED) is 0.857. The van der Waals surface area contributed by atoms with Crippen LogP contribution in [0.25, 0.3) is 10.7 Å². The lowest BCUT2D eigenvalue weighted by atomic mass is 9.89. The number of nitrogen functional groups attached to an aromatic ring is 1. The molecule has 3 N–H and O–H groups in total. The van der Waals surface area contributed by atoms with Gasteiger partial charge in [-0.05, 0) is 24.3 Å². The van der Waals surface area contributed by atoms with Gasteiger partial charge in [-0.1, -0.05) is 19.3 Å². The number of hydrogen-bond donors (Lipinski definition) is 2. The van der Waals surface area contributed by atoms with Crippen LogP contribution >= 0.6 is 11.3 Å². The summed E-state index contributed by atoms with van der Waals surface area (Å²) in [6.07, 6.45) is 6.43. The lowest BCUT2D eigenvalue weighted by Crippen LogP contribution is -2.06. The molecule has 17 heavy (non-hydrogen) atoms. The first-order valence-corrected chi connectivity index (χ1v) is 6.98. The molecule has 2 aromatic heterocycles. The van der Waals surface area contributed by atoms with Gasteiger partial charge in [0.15, 0.2) is 5.82 Å². The molecule has 0 amide bonds. The number of anilines is 1. The molecule has 1 aliphatic carbocycles. The highest BCUT2D eigenvalue weighted by Gasteiger charge is 2.20. The number of nitrogens with zero attached hydrogens (tertiary/aromatic N) is 2. The van der Waals surface area contributed by atoms with E-state index in [4.69, 9.17) is 5.73 Å². The van der Waals surface area contributed by atoms with Gasteiger partial charge in [-0.15, -0.1) is 11.3 Å². The molecule has 4 nitrogen and oxygen atoms in total. The molecule has 2 aromatic rings. The molecule has 2 heterocycles. The van der Waals surface area contributed by atoms with Crippen molar-refractivity contribution >= 4 is 17.0 Å². The van der Waals surface area contributed by atoms with Gasteiger partial charge in [-0.25, -0.2) is 4.98 Å². The number of thiophene rings is 1. The largest absolute Gasteiger partial charge is 0.397 e. The fourth-order valence-electron chi connectivity index (χ4n) is 2.44. The summed E-state index contributed by atoms with van der Waals surface area (Å²) in [7, 11) is 0. The van der Waals surface area contributed by atoms with Crippen LogP contribution in [-0.4, -0.2) is 15.2 Å². The van der Waals surface area contributed by atoms with E-state index in [2.05, 4.69) is 15.2 Å². The first kappa shape index (κ1) is 10.8. The molecule has 0 spiro atoms. The van der Waals surface area contributed by atoms with E-state index >= 15 is 0 Å². The minimum Gasteiger partial charge on any atom is -0.397 e. The molecule has 5 heteroatoms. The van der Waals surface area contributed by atoms with E-state index < -0.39 is 0 Å². The Hall–Kier alpha value is -1.36. The summed E-state index contributed by atoms with van der Waals surface area (Å²) in [5.41, 5.74) is 6.64. The van der Waals surface area contributed by atoms with Gasteiger partial charge >= 0.3 is 0 Å². The van der Waals surface area contributed by atoms with Crippen molar-refractivity contribution in [3.63, 3.8) is 0 Å². The van der Waals surface area contributed by atoms with Gasteiger partial charge in [0.1, 0.15) is 5.82 Å². The molecular weight excluding hydrogens is 232 g/mol. The number of H-pyrrole nitrogens is 1. The third-order valence-corrected chi connectivity index (χ3v) is 4.32. The molecule has 1 fully saturated rings. The SMILES string of the molecule is Nc1ccsc1-c1n[nH]c(C2CCCCC2)n1. The average Bonchev–Trinajstić information content (AvgIpc) is 2.98. The summed E-state index contributed by atoms with van der Waals surface area (Å²) in [5, 5.41) is 9.34. The van der Waals surface area contributed by atoms with Crippen molar-refractivity contribution in [2.24, 2.45) is 0 Å². The van der Waals surface area contributed by atoms with Crippen LogP contribution < -0.4 is 5.73 Å². The Labute approximate surface area is 104 Å². The number of hydrogen-bond acceptors (Lipinski definition) is 4. The highest BCUT2D eigenvalue weighted by molar-refractivity contribution is 7.14. The van der Waals surface area contributed by atoms with Gasteiger partial charge in [0.05, 0.1) is 10.6 Å². The molecule has 0 radical (unpaired) electrons. The monoisotopic (exact) mass is 248 g/mol. The summed E-state index contributed by atoms with van der Waals surface area (Å²) in [6, 6.07) is 1.90. The molecule has 3 rings (SSSR count). The molecule has 0 unspecified atom stereocenters. The van der Waals surface area contributed by atoms with Crippen LogP contribution in [0.2, 0.25) is 0 Å². The Kier molecular flexibility index (Phi) is 2.84. The Morgan fingerprint density at radius 2 is 2.12 bits per heavy atom. The highest BCUT2D eigenvalue weighted by atomic mass is 32.1. The highest BCUT2D eigenvalue weighted by Crippen LogP contribution is 2.33. The maximum atomic E-state index is 5.88. The minimum atomic E-state index is 0.561. The summed E-state index contributed by atoms with van der Waals surface area (Å²) >= 11 is 1.59. The first-order valence-electron chi connectivity index (χ1n) is 6.10. The molecule has 90 valence electrons. The molecular formula is C12H16N4S. The second-order valence-electron chi connectivity index (χ2n) is 4.58. The zero-order valence-electron chi connectivity index (χ0n) is 9.65. The normalized spacial score (nSPS) is 17.4. The van der Waals surface area contributed by atoms with Crippen molar-refractivity contribution in [3.05, 3.63) is 17.3 Å². The third kappa shape index (κ3) is 2.07. The smallest absolute Gasteiger partial charge is 0.193 e. The summed E-state index contributed by atoms with van der Waals surface area (Å²) in [6.45, 7) is 0. The fourth-order valence-corrected chi connectivity index (χ4v) is 3.19. The van der Waals surface area contributed by atoms with Crippen LogP contribution in [0.1, 0.15) is 43.8 Å². The van der Waals surface area contributed by atoms with Crippen LogP contribution in [0, 0.1) is 0 Å². The molecule has 1 saturated carbocycles. The van der Waals surface area contributed by atoms with E-state index in [0.29, 0.717) is 5.92 Å². The predicted molar refractivity (Wildman–Crippen MR) is 69.9 cm³/mol. The minimum absolute atomic E-state index is 0.561. The Morgan fingerprint density at radius 3 is 2.82 bits per heavy atom. The number of aromatic amines is 1. The van der Waals surface area contributed by atoms with Gasteiger partial charge in [-0.2, -0.15) is 5.10 Å². The Balaban J connectivity index is 1.85. The van der Waals surface area contributed by atoms with Crippen LogP contribution in [0.5, 0.6) is 0 Å². The molecule has 1 aliphatic rings. The van der Waals surface area contributed by atoms with Crippen molar-refractivity contribution in [2.45, 2.75) is 38.0 Å².